The maximum absolute atomic E-state index is 11.6. The highest BCUT2D eigenvalue weighted by atomic mass is 16.2. The third kappa shape index (κ3) is 4.57. The molecule has 0 aliphatic carbocycles. The van der Waals surface area contributed by atoms with Gasteiger partial charge in [-0.3, -0.25) is 4.79 Å². The quantitative estimate of drug-likeness (QED) is 0.544. The monoisotopic (exact) mass is 235 g/mol. The number of rotatable bonds is 3. The molecular formula is C14H26BNO. The van der Waals surface area contributed by atoms with Crippen LogP contribution >= 0.6 is 0 Å². The molecule has 1 saturated heterocycles. The van der Waals surface area contributed by atoms with Crippen LogP contribution in [0.3, 0.4) is 0 Å². The van der Waals surface area contributed by atoms with Crippen LogP contribution in [0.15, 0.2) is 12.7 Å². The lowest BCUT2D eigenvalue weighted by atomic mass is 9.44. The van der Waals surface area contributed by atoms with Crippen molar-refractivity contribution in [2.45, 2.75) is 57.6 Å². The van der Waals surface area contributed by atoms with E-state index in [0.717, 1.165) is 31.7 Å². The molecule has 0 bridgehead atoms. The lowest BCUT2D eigenvalue weighted by molar-refractivity contribution is -0.126. The van der Waals surface area contributed by atoms with Gasteiger partial charge in [-0.2, -0.15) is 0 Å². The standard InChI is InChI=1S/C14H26BNO/c1-5-13(17)16-10-6-8-14(4,9-7-11-16)15-12(2)3/h5,12,15H,1,6-11H2,2-4H3. The Labute approximate surface area is 107 Å². The molecule has 0 aromatic heterocycles. The van der Waals surface area contributed by atoms with Gasteiger partial charge in [-0.25, -0.2) is 0 Å². The van der Waals surface area contributed by atoms with Crippen LogP contribution in [0.5, 0.6) is 0 Å². The van der Waals surface area contributed by atoms with Crippen LogP contribution in [0.25, 0.3) is 0 Å². The maximum Gasteiger partial charge on any atom is 0.245 e. The number of likely N-dealkylation sites (tertiary alicyclic amines) is 1. The van der Waals surface area contributed by atoms with Crippen molar-refractivity contribution in [2.75, 3.05) is 13.1 Å². The van der Waals surface area contributed by atoms with Crippen molar-refractivity contribution in [2.24, 2.45) is 0 Å². The van der Waals surface area contributed by atoms with Gasteiger partial charge in [0.25, 0.3) is 0 Å². The Kier molecular flexibility index (Phi) is 5.29. The van der Waals surface area contributed by atoms with E-state index in [1.165, 1.54) is 26.2 Å². The van der Waals surface area contributed by atoms with Gasteiger partial charge >= 0.3 is 0 Å². The maximum atomic E-state index is 11.6. The van der Waals surface area contributed by atoms with E-state index in [0.29, 0.717) is 5.31 Å². The molecule has 0 aromatic carbocycles. The lowest BCUT2D eigenvalue weighted by Gasteiger charge is -2.35. The number of amides is 1. The average Bonchev–Trinajstić information content (AvgIpc) is 2.22. The van der Waals surface area contributed by atoms with Crippen LogP contribution in [0.1, 0.15) is 46.5 Å². The predicted molar refractivity (Wildman–Crippen MR) is 75.9 cm³/mol. The van der Waals surface area contributed by atoms with Crippen molar-refractivity contribution in [1.29, 1.82) is 0 Å². The van der Waals surface area contributed by atoms with E-state index in [1.807, 2.05) is 4.90 Å². The normalized spacial score (nSPS) is 20.6. The van der Waals surface area contributed by atoms with Crippen LogP contribution in [0.4, 0.5) is 0 Å². The molecule has 1 amide bonds. The zero-order valence-corrected chi connectivity index (χ0v) is 11.7. The Morgan fingerprint density at radius 3 is 2.29 bits per heavy atom. The average molecular weight is 235 g/mol. The van der Waals surface area contributed by atoms with Crippen LogP contribution < -0.4 is 0 Å². The molecule has 0 radical (unpaired) electrons. The van der Waals surface area contributed by atoms with Crippen molar-refractivity contribution in [3.63, 3.8) is 0 Å². The predicted octanol–water partition coefficient (Wildman–Crippen LogP) is 3.02. The van der Waals surface area contributed by atoms with E-state index in [-0.39, 0.29) is 5.91 Å². The Hall–Kier alpha value is -0.725. The first-order chi connectivity index (χ1) is 7.97. The minimum Gasteiger partial charge on any atom is -0.339 e. The summed E-state index contributed by atoms with van der Waals surface area (Å²) in [6, 6.07) is 0. The summed E-state index contributed by atoms with van der Waals surface area (Å²) in [7, 11) is 1.31. The van der Waals surface area contributed by atoms with Crippen LogP contribution in [-0.4, -0.2) is 31.2 Å². The fourth-order valence-electron chi connectivity index (χ4n) is 3.17. The Morgan fingerprint density at radius 2 is 1.88 bits per heavy atom. The van der Waals surface area contributed by atoms with Crippen LogP contribution in [0, 0.1) is 0 Å². The molecule has 2 nitrogen and oxygen atoms in total. The van der Waals surface area contributed by atoms with Crippen molar-refractivity contribution in [3.8, 4) is 0 Å². The van der Waals surface area contributed by atoms with E-state index in [4.69, 9.17) is 0 Å². The second-order valence-corrected chi connectivity index (χ2v) is 6.15. The van der Waals surface area contributed by atoms with Gasteiger partial charge in [-0.1, -0.05) is 51.3 Å². The van der Waals surface area contributed by atoms with E-state index in [9.17, 15) is 4.79 Å². The summed E-state index contributed by atoms with van der Waals surface area (Å²) in [4.78, 5) is 13.5. The molecule has 1 rings (SSSR count). The van der Waals surface area contributed by atoms with Gasteiger partial charge in [-0.15, -0.1) is 0 Å². The van der Waals surface area contributed by atoms with E-state index >= 15 is 0 Å². The topological polar surface area (TPSA) is 20.3 Å². The molecule has 0 atom stereocenters. The Bertz CT molecular complexity index is 265. The van der Waals surface area contributed by atoms with Gasteiger partial charge in [0, 0.05) is 13.1 Å². The highest BCUT2D eigenvalue weighted by Gasteiger charge is 2.28. The summed E-state index contributed by atoms with van der Waals surface area (Å²) in [5, 5.41) is 0.484. The van der Waals surface area contributed by atoms with E-state index in [1.54, 1.807) is 0 Å². The summed E-state index contributed by atoms with van der Waals surface area (Å²) < 4.78 is 0. The van der Waals surface area contributed by atoms with Gasteiger partial charge in [-0.05, 0) is 18.9 Å². The lowest BCUT2D eigenvalue weighted by Crippen LogP contribution is -2.35. The molecule has 0 aromatic rings. The smallest absolute Gasteiger partial charge is 0.245 e. The Balaban J connectivity index is 2.51. The summed E-state index contributed by atoms with van der Waals surface area (Å²) in [6.45, 7) is 12.4. The molecule has 0 N–H and O–H groups in total. The van der Waals surface area contributed by atoms with Gasteiger partial charge in [0.1, 0.15) is 7.28 Å². The molecule has 3 heteroatoms. The largest absolute Gasteiger partial charge is 0.339 e. The van der Waals surface area contributed by atoms with Gasteiger partial charge < -0.3 is 4.90 Å². The highest BCUT2D eigenvalue weighted by molar-refractivity contribution is 6.41. The molecule has 0 saturated carbocycles. The number of carbonyl (C=O) groups is 1. The minimum absolute atomic E-state index is 0.0949. The fourth-order valence-corrected chi connectivity index (χ4v) is 3.17. The number of nitrogens with zero attached hydrogens (tertiary/aromatic N) is 1. The summed E-state index contributed by atoms with van der Waals surface area (Å²) in [6.07, 6.45) is 6.18. The second-order valence-electron chi connectivity index (χ2n) is 6.15. The van der Waals surface area contributed by atoms with Crippen molar-refractivity contribution in [3.05, 3.63) is 12.7 Å². The van der Waals surface area contributed by atoms with Crippen LogP contribution in [0.2, 0.25) is 11.1 Å². The molecular weight excluding hydrogens is 209 g/mol. The van der Waals surface area contributed by atoms with Gasteiger partial charge in [0.05, 0.1) is 0 Å². The van der Waals surface area contributed by atoms with Gasteiger partial charge in [0.15, 0.2) is 0 Å². The second kappa shape index (κ2) is 6.27. The first-order valence-electron chi connectivity index (χ1n) is 6.88. The zero-order chi connectivity index (χ0) is 12.9. The molecule has 1 aliphatic rings. The molecule has 1 aliphatic heterocycles. The van der Waals surface area contributed by atoms with Crippen LogP contribution in [-0.2, 0) is 4.79 Å². The number of hydrogen-bond donors (Lipinski definition) is 0. The minimum atomic E-state index is 0.0949. The van der Waals surface area contributed by atoms with E-state index < -0.39 is 0 Å². The number of carbonyl (C=O) groups excluding carboxylic acids is 1. The van der Waals surface area contributed by atoms with Crippen molar-refractivity contribution < 1.29 is 4.79 Å². The highest BCUT2D eigenvalue weighted by Crippen LogP contribution is 2.39. The number of hydrogen-bond acceptors (Lipinski definition) is 1. The summed E-state index contributed by atoms with van der Waals surface area (Å²) in [5.74, 6) is 0.864. The van der Waals surface area contributed by atoms with Gasteiger partial charge in [0.2, 0.25) is 5.91 Å². The third-order valence-electron chi connectivity index (χ3n) is 3.80. The first-order valence-corrected chi connectivity index (χ1v) is 6.88. The van der Waals surface area contributed by atoms with E-state index in [2.05, 4.69) is 27.4 Å². The third-order valence-corrected chi connectivity index (χ3v) is 3.80. The zero-order valence-electron chi connectivity index (χ0n) is 11.7. The molecule has 0 unspecified atom stereocenters. The molecule has 17 heavy (non-hydrogen) atoms. The summed E-state index contributed by atoms with van der Waals surface area (Å²) >= 11 is 0. The summed E-state index contributed by atoms with van der Waals surface area (Å²) in [5.41, 5.74) is 0. The Morgan fingerprint density at radius 1 is 1.35 bits per heavy atom. The molecule has 0 spiro atoms. The molecule has 1 fully saturated rings. The molecule has 1 heterocycles. The molecule has 96 valence electrons. The van der Waals surface area contributed by atoms with Crippen molar-refractivity contribution >= 4 is 13.2 Å². The SMILES string of the molecule is C=CC(=O)N1CCCC(C)(BC(C)C)CCC1. The van der Waals surface area contributed by atoms with Crippen molar-refractivity contribution in [1.82, 2.24) is 4.90 Å². The fraction of sp³-hybridized carbons (Fsp3) is 0.786. The first kappa shape index (κ1) is 14.3.